The van der Waals surface area contributed by atoms with E-state index in [1.807, 2.05) is 23.8 Å². The van der Waals surface area contributed by atoms with Crippen LogP contribution in [0.5, 0.6) is 0 Å². The van der Waals surface area contributed by atoms with Crippen LogP contribution in [0.15, 0.2) is 35.1 Å². The third-order valence-electron chi connectivity index (χ3n) is 6.37. The van der Waals surface area contributed by atoms with Gasteiger partial charge in [-0.2, -0.15) is 5.26 Å². The maximum atomic E-state index is 13.8. The minimum Gasteiger partial charge on any atom is -0.483 e. The summed E-state index contributed by atoms with van der Waals surface area (Å²) in [5.41, 5.74) is 3.22. The second-order valence-electron chi connectivity index (χ2n) is 9.09. The molecule has 0 saturated carbocycles. The lowest BCUT2D eigenvalue weighted by molar-refractivity contribution is -0.123. The number of rotatable bonds is 7. The SMILES string of the molecule is COCCN(C)Cc1ccc2n(c1=O)C[C@H]1C[C@@H]2CN(Cc2cc(F)cc(C#N)c2)C1.O=CO.O=CO. The number of benzene rings is 1. The first-order valence-corrected chi connectivity index (χ1v) is 11.8. The molecule has 2 bridgehead atoms. The number of carbonyl (C=O) groups is 2. The molecule has 2 aromatic rings. The van der Waals surface area contributed by atoms with E-state index in [0.717, 1.165) is 49.4 Å². The molecule has 0 spiro atoms. The number of hydrogen-bond donors (Lipinski definition) is 2. The summed E-state index contributed by atoms with van der Waals surface area (Å²) in [6.07, 6.45) is 1.08. The average molecular weight is 517 g/mol. The number of halogens is 1. The number of likely N-dealkylation sites (N-methyl/N-ethyl adjacent to an activating group) is 1. The van der Waals surface area contributed by atoms with Crippen LogP contribution in [0.25, 0.3) is 0 Å². The molecule has 0 amide bonds. The topological polar surface area (TPSA) is 136 Å². The molecule has 0 unspecified atom stereocenters. The first kappa shape index (κ1) is 29.6. The molecule has 3 heterocycles. The Morgan fingerprint density at radius 3 is 2.54 bits per heavy atom. The Bertz CT molecular complexity index is 1140. The van der Waals surface area contributed by atoms with Crippen molar-refractivity contribution in [3.63, 3.8) is 0 Å². The number of likely N-dealkylation sites (tertiary alicyclic amines) is 1. The summed E-state index contributed by atoms with van der Waals surface area (Å²) in [4.78, 5) is 34.3. The normalized spacial score (nSPS) is 17.8. The number of fused-ring (bicyclic) bond motifs is 4. The Morgan fingerprint density at radius 1 is 1.19 bits per heavy atom. The fraction of sp³-hybridized carbons (Fsp3) is 0.462. The van der Waals surface area contributed by atoms with Gasteiger partial charge in [-0.05, 0) is 49.2 Å². The molecule has 4 rings (SSSR count). The van der Waals surface area contributed by atoms with Crippen molar-refractivity contribution in [1.29, 1.82) is 5.26 Å². The number of piperidine rings is 1. The van der Waals surface area contributed by atoms with Gasteiger partial charge in [-0.25, -0.2) is 4.39 Å². The van der Waals surface area contributed by atoms with Crippen molar-refractivity contribution in [3.8, 4) is 6.07 Å². The minimum absolute atomic E-state index is 0.119. The van der Waals surface area contributed by atoms with Crippen LogP contribution in [0, 0.1) is 23.1 Å². The molecule has 10 nitrogen and oxygen atoms in total. The van der Waals surface area contributed by atoms with E-state index in [0.29, 0.717) is 37.1 Å². The van der Waals surface area contributed by atoms with E-state index in [9.17, 15) is 9.18 Å². The summed E-state index contributed by atoms with van der Waals surface area (Å²) >= 11 is 0. The molecular formula is C26H33FN4O6. The smallest absolute Gasteiger partial charge is 0.290 e. The Kier molecular flexibility index (Phi) is 11.9. The lowest BCUT2D eigenvalue weighted by atomic mass is 9.82. The maximum Gasteiger partial charge on any atom is 0.290 e. The first-order chi connectivity index (χ1) is 17.8. The van der Waals surface area contributed by atoms with Gasteiger partial charge in [-0.15, -0.1) is 0 Å². The van der Waals surface area contributed by atoms with Crippen molar-refractivity contribution < 1.29 is 28.9 Å². The van der Waals surface area contributed by atoms with Crippen molar-refractivity contribution in [3.05, 3.63) is 68.9 Å². The Morgan fingerprint density at radius 2 is 1.89 bits per heavy atom. The second kappa shape index (κ2) is 14.8. The number of ether oxygens (including phenoxy) is 1. The van der Waals surface area contributed by atoms with Gasteiger partial charge in [0, 0.05) is 63.6 Å². The predicted molar refractivity (Wildman–Crippen MR) is 134 cm³/mol. The zero-order valence-electron chi connectivity index (χ0n) is 21.0. The molecule has 200 valence electrons. The largest absolute Gasteiger partial charge is 0.483 e. The fourth-order valence-corrected chi connectivity index (χ4v) is 5.02. The van der Waals surface area contributed by atoms with Crippen molar-refractivity contribution in [2.45, 2.75) is 32.0 Å². The molecule has 2 aliphatic heterocycles. The Balaban J connectivity index is 0.000000733. The molecule has 1 aromatic carbocycles. The van der Waals surface area contributed by atoms with Crippen LogP contribution < -0.4 is 5.56 Å². The van der Waals surface area contributed by atoms with Crippen LogP contribution in [-0.4, -0.2) is 77.9 Å². The summed E-state index contributed by atoms with van der Waals surface area (Å²) in [5.74, 6) is 0.324. The Labute approximate surface area is 215 Å². The molecule has 1 aromatic heterocycles. The molecular weight excluding hydrogens is 483 g/mol. The second-order valence-corrected chi connectivity index (χ2v) is 9.09. The molecule has 2 aliphatic rings. The zero-order valence-corrected chi connectivity index (χ0v) is 21.0. The number of hydrogen-bond acceptors (Lipinski definition) is 7. The zero-order chi connectivity index (χ0) is 27.4. The highest BCUT2D eigenvalue weighted by atomic mass is 19.1. The van der Waals surface area contributed by atoms with Gasteiger partial charge in [0.15, 0.2) is 0 Å². The molecule has 1 saturated heterocycles. The summed E-state index contributed by atoms with van der Waals surface area (Å²) in [6.45, 7) is 4.59. The average Bonchev–Trinajstić information content (AvgIpc) is 2.85. The highest BCUT2D eigenvalue weighted by Gasteiger charge is 2.35. The van der Waals surface area contributed by atoms with Crippen molar-refractivity contribution in [1.82, 2.24) is 14.4 Å². The fourth-order valence-electron chi connectivity index (χ4n) is 5.02. The van der Waals surface area contributed by atoms with Crippen LogP contribution in [0.3, 0.4) is 0 Å². The van der Waals surface area contributed by atoms with E-state index in [4.69, 9.17) is 29.8 Å². The van der Waals surface area contributed by atoms with E-state index in [1.165, 1.54) is 12.1 Å². The number of aromatic nitrogens is 1. The van der Waals surface area contributed by atoms with Crippen molar-refractivity contribution >= 4 is 12.9 Å². The molecule has 37 heavy (non-hydrogen) atoms. The van der Waals surface area contributed by atoms with E-state index < -0.39 is 0 Å². The molecule has 2 N–H and O–H groups in total. The monoisotopic (exact) mass is 516 g/mol. The van der Waals surface area contributed by atoms with E-state index in [-0.39, 0.29) is 24.3 Å². The molecule has 11 heteroatoms. The number of nitrogens with zero attached hydrogens (tertiary/aromatic N) is 4. The highest BCUT2D eigenvalue weighted by Crippen LogP contribution is 2.35. The van der Waals surface area contributed by atoms with Crippen LogP contribution in [0.1, 0.15) is 34.7 Å². The number of nitriles is 1. The number of carboxylic acid groups (broad SMARTS) is 2. The van der Waals surface area contributed by atoms with E-state index >= 15 is 0 Å². The highest BCUT2D eigenvalue weighted by molar-refractivity contribution is 5.34. The van der Waals surface area contributed by atoms with Crippen molar-refractivity contribution in [2.75, 3.05) is 40.4 Å². The minimum atomic E-state index is -0.369. The molecule has 1 fully saturated rings. The van der Waals surface area contributed by atoms with Crippen molar-refractivity contribution in [2.24, 2.45) is 5.92 Å². The number of methoxy groups -OCH3 is 1. The summed E-state index contributed by atoms with van der Waals surface area (Å²) in [6, 6.07) is 10.7. The van der Waals surface area contributed by atoms with Crippen LogP contribution in [0.2, 0.25) is 0 Å². The van der Waals surface area contributed by atoms with Crippen LogP contribution >= 0.6 is 0 Å². The van der Waals surface area contributed by atoms with Gasteiger partial charge in [0.2, 0.25) is 0 Å². The van der Waals surface area contributed by atoms with Crippen LogP contribution in [-0.2, 0) is 34.0 Å². The van der Waals surface area contributed by atoms with Gasteiger partial charge in [0.25, 0.3) is 18.5 Å². The maximum absolute atomic E-state index is 13.8. The van der Waals surface area contributed by atoms with Crippen LogP contribution in [0.4, 0.5) is 4.39 Å². The lowest BCUT2D eigenvalue weighted by Gasteiger charge is -2.43. The molecule has 2 atom stereocenters. The summed E-state index contributed by atoms with van der Waals surface area (Å²) in [7, 11) is 3.68. The summed E-state index contributed by atoms with van der Waals surface area (Å²) in [5, 5.41) is 22.9. The standard InChI is InChI=1S/C24H29FN4O2.2CH2O2/c1-27(5-6-31-2)15-20-3-4-23-21-8-19(14-29(23)24(20)30)13-28(16-21)12-18-7-17(11-26)9-22(25)10-18;2*2-1-3/h3-4,7,9-10,19,21H,5-6,8,12-16H2,1-2H3;2*1H,(H,2,3)/t19-,21+;;/m0../s1. The van der Waals surface area contributed by atoms with E-state index in [1.54, 1.807) is 13.2 Å². The third kappa shape index (κ3) is 8.49. The lowest BCUT2D eigenvalue weighted by Crippen LogP contribution is -2.47. The van der Waals surface area contributed by atoms with Gasteiger partial charge in [-0.1, -0.05) is 6.07 Å². The third-order valence-corrected chi connectivity index (χ3v) is 6.37. The van der Waals surface area contributed by atoms with Gasteiger partial charge < -0.3 is 19.5 Å². The summed E-state index contributed by atoms with van der Waals surface area (Å²) < 4.78 is 20.9. The van der Waals surface area contributed by atoms with Gasteiger partial charge in [-0.3, -0.25) is 24.2 Å². The van der Waals surface area contributed by atoms with E-state index in [2.05, 4.69) is 15.9 Å². The Hall–Kier alpha value is -3.59. The quantitative estimate of drug-likeness (QED) is 0.529. The number of pyridine rings is 1. The first-order valence-electron chi connectivity index (χ1n) is 11.8. The van der Waals surface area contributed by atoms with Gasteiger partial charge in [0.05, 0.1) is 18.2 Å². The molecule has 0 aliphatic carbocycles. The molecule has 0 radical (unpaired) electrons. The predicted octanol–water partition coefficient (Wildman–Crippen LogP) is 1.96. The van der Waals surface area contributed by atoms with Gasteiger partial charge >= 0.3 is 0 Å². The van der Waals surface area contributed by atoms with Gasteiger partial charge in [0.1, 0.15) is 5.82 Å².